The summed E-state index contributed by atoms with van der Waals surface area (Å²) in [5.41, 5.74) is 0.412. The van der Waals surface area contributed by atoms with Gasteiger partial charge in [-0.3, -0.25) is 10.1 Å². The van der Waals surface area contributed by atoms with Crippen LogP contribution in [0.1, 0.15) is 60.3 Å². The largest absolute Gasteiger partial charge is 0.325 e. The highest BCUT2D eigenvalue weighted by molar-refractivity contribution is 5.84. The molecule has 0 bridgehead atoms. The second-order valence-electron chi connectivity index (χ2n) is 6.94. The van der Waals surface area contributed by atoms with Crippen LogP contribution in [0, 0.1) is 17.3 Å². The van der Waals surface area contributed by atoms with E-state index in [-0.39, 0.29) is 12.2 Å². The molecule has 1 aliphatic carbocycles. The van der Waals surface area contributed by atoms with Crippen molar-refractivity contribution >= 4 is 5.91 Å². The van der Waals surface area contributed by atoms with Gasteiger partial charge in [0.25, 0.3) is 0 Å². The van der Waals surface area contributed by atoms with Crippen molar-refractivity contribution in [2.75, 3.05) is 6.54 Å². The smallest absolute Gasteiger partial charge is 0.241 e. The zero-order valence-electron chi connectivity index (χ0n) is 13.2. The zero-order valence-corrected chi connectivity index (χ0v) is 13.2. The first-order chi connectivity index (χ1) is 8.95. The molecule has 3 nitrogen and oxygen atoms in total. The molecule has 0 aromatic carbocycles. The molecule has 1 saturated carbocycles. The minimum atomic E-state index is 0.0397. The Morgan fingerprint density at radius 2 is 1.95 bits per heavy atom. The van der Waals surface area contributed by atoms with Gasteiger partial charge in [0.15, 0.2) is 0 Å². The molecule has 3 heteroatoms. The van der Waals surface area contributed by atoms with Crippen molar-refractivity contribution < 1.29 is 4.79 Å². The summed E-state index contributed by atoms with van der Waals surface area (Å²) in [6.45, 7) is 12.1. The molecular weight excluding hydrogens is 236 g/mol. The molecule has 1 saturated heterocycles. The number of carbonyl (C=O) groups excluding carboxylic acids is 1. The van der Waals surface area contributed by atoms with Crippen LogP contribution in [0.15, 0.2) is 0 Å². The zero-order chi connectivity index (χ0) is 14.2. The van der Waals surface area contributed by atoms with E-state index in [2.05, 4.69) is 44.8 Å². The Balaban J connectivity index is 2.08. The van der Waals surface area contributed by atoms with Gasteiger partial charge < -0.3 is 4.90 Å². The number of amides is 1. The third-order valence-electron chi connectivity index (χ3n) is 5.50. The number of rotatable bonds is 6. The van der Waals surface area contributed by atoms with E-state index in [0.717, 1.165) is 19.4 Å². The van der Waals surface area contributed by atoms with Gasteiger partial charge in [0.2, 0.25) is 5.91 Å². The quantitative estimate of drug-likeness (QED) is 0.801. The molecule has 1 aliphatic heterocycles. The highest BCUT2D eigenvalue weighted by atomic mass is 16.2. The molecule has 2 fully saturated rings. The number of hydrogen-bond donors (Lipinski definition) is 1. The highest BCUT2D eigenvalue weighted by Gasteiger charge is 2.50. The van der Waals surface area contributed by atoms with Crippen molar-refractivity contribution in [3.05, 3.63) is 0 Å². The molecular formula is C16H30N2O. The highest BCUT2D eigenvalue weighted by Crippen LogP contribution is 2.52. The van der Waals surface area contributed by atoms with Gasteiger partial charge >= 0.3 is 0 Å². The van der Waals surface area contributed by atoms with Crippen LogP contribution in [0.2, 0.25) is 0 Å². The summed E-state index contributed by atoms with van der Waals surface area (Å²) in [6.07, 6.45) is 4.90. The van der Waals surface area contributed by atoms with Crippen molar-refractivity contribution in [1.29, 1.82) is 0 Å². The summed E-state index contributed by atoms with van der Waals surface area (Å²) in [5.74, 6) is 1.45. The van der Waals surface area contributed by atoms with Gasteiger partial charge in [-0.2, -0.15) is 0 Å². The average molecular weight is 266 g/mol. The maximum absolute atomic E-state index is 12.7. The van der Waals surface area contributed by atoms with E-state index >= 15 is 0 Å². The number of carbonyl (C=O) groups is 1. The van der Waals surface area contributed by atoms with Crippen LogP contribution in [0.3, 0.4) is 0 Å². The third-order valence-corrected chi connectivity index (χ3v) is 5.50. The minimum absolute atomic E-state index is 0.0397. The first-order valence-electron chi connectivity index (χ1n) is 8.01. The Labute approximate surface area is 118 Å². The summed E-state index contributed by atoms with van der Waals surface area (Å²) >= 11 is 0. The Bertz CT molecular complexity index is 336. The SMILES string of the molecule is CCC(C)C1NC(CC)N(CC2(C(C)C)CC2)C1=O. The number of nitrogens with one attached hydrogen (secondary N) is 1. The molecule has 1 N–H and O–H groups in total. The summed E-state index contributed by atoms with van der Waals surface area (Å²) in [4.78, 5) is 14.8. The van der Waals surface area contributed by atoms with Crippen LogP contribution in [0.4, 0.5) is 0 Å². The van der Waals surface area contributed by atoms with Crippen LogP contribution in [-0.4, -0.2) is 29.6 Å². The van der Waals surface area contributed by atoms with Crippen molar-refractivity contribution in [3.63, 3.8) is 0 Å². The fraction of sp³-hybridized carbons (Fsp3) is 0.938. The van der Waals surface area contributed by atoms with Crippen molar-refractivity contribution in [3.8, 4) is 0 Å². The van der Waals surface area contributed by atoms with Gasteiger partial charge in [0.05, 0.1) is 12.2 Å². The van der Waals surface area contributed by atoms with E-state index in [1.54, 1.807) is 0 Å². The van der Waals surface area contributed by atoms with Gasteiger partial charge in [-0.25, -0.2) is 0 Å². The normalized spacial score (nSPS) is 31.1. The van der Waals surface area contributed by atoms with Gasteiger partial charge in [0, 0.05) is 6.54 Å². The van der Waals surface area contributed by atoms with Crippen LogP contribution in [0.25, 0.3) is 0 Å². The van der Waals surface area contributed by atoms with Gasteiger partial charge in [-0.15, -0.1) is 0 Å². The lowest BCUT2D eigenvalue weighted by atomic mass is 9.91. The standard InChI is InChI=1S/C16H30N2O/c1-6-12(5)14-15(19)18(13(7-2)17-14)10-16(8-9-16)11(3)4/h11-14,17H,6-10H2,1-5H3. The maximum Gasteiger partial charge on any atom is 0.241 e. The third kappa shape index (κ3) is 2.67. The molecule has 3 unspecified atom stereocenters. The summed E-state index contributed by atoms with van der Waals surface area (Å²) in [7, 11) is 0. The second kappa shape index (κ2) is 5.43. The maximum atomic E-state index is 12.7. The van der Waals surface area contributed by atoms with Crippen LogP contribution in [-0.2, 0) is 4.79 Å². The van der Waals surface area contributed by atoms with Crippen molar-refractivity contribution in [2.45, 2.75) is 72.5 Å². The Morgan fingerprint density at radius 3 is 2.37 bits per heavy atom. The topological polar surface area (TPSA) is 32.3 Å². The van der Waals surface area contributed by atoms with E-state index in [4.69, 9.17) is 0 Å². The predicted molar refractivity (Wildman–Crippen MR) is 78.7 cm³/mol. The number of nitrogens with zero attached hydrogens (tertiary/aromatic N) is 1. The van der Waals surface area contributed by atoms with Gasteiger partial charge in [-0.1, -0.05) is 41.0 Å². The molecule has 19 heavy (non-hydrogen) atoms. The lowest BCUT2D eigenvalue weighted by Crippen LogP contribution is -2.41. The monoisotopic (exact) mass is 266 g/mol. The molecule has 0 aromatic rings. The molecule has 1 amide bonds. The van der Waals surface area contributed by atoms with Crippen LogP contribution >= 0.6 is 0 Å². The molecule has 1 heterocycles. The summed E-state index contributed by atoms with van der Waals surface area (Å²) in [5, 5.41) is 3.56. The molecule has 3 atom stereocenters. The minimum Gasteiger partial charge on any atom is -0.325 e. The fourth-order valence-electron chi connectivity index (χ4n) is 3.29. The molecule has 2 rings (SSSR count). The summed E-state index contributed by atoms with van der Waals surface area (Å²) < 4.78 is 0. The molecule has 2 aliphatic rings. The van der Waals surface area contributed by atoms with Crippen molar-refractivity contribution in [2.24, 2.45) is 17.3 Å². The first-order valence-corrected chi connectivity index (χ1v) is 8.01. The number of hydrogen-bond acceptors (Lipinski definition) is 2. The predicted octanol–water partition coefficient (Wildman–Crippen LogP) is 3.01. The fourth-order valence-corrected chi connectivity index (χ4v) is 3.29. The first kappa shape index (κ1) is 14.8. The molecule has 0 radical (unpaired) electrons. The van der Waals surface area contributed by atoms with Crippen LogP contribution < -0.4 is 5.32 Å². The Kier molecular flexibility index (Phi) is 4.24. The molecule has 110 valence electrons. The van der Waals surface area contributed by atoms with Gasteiger partial charge in [0.1, 0.15) is 0 Å². The molecule has 0 aromatic heterocycles. The van der Waals surface area contributed by atoms with E-state index in [1.807, 2.05) is 0 Å². The lowest BCUT2D eigenvalue weighted by Gasteiger charge is -2.30. The lowest BCUT2D eigenvalue weighted by molar-refractivity contribution is -0.132. The summed E-state index contributed by atoms with van der Waals surface area (Å²) in [6, 6.07) is 0.0397. The van der Waals surface area contributed by atoms with Crippen LogP contribution in [0.5, 0.6) is 0 Å². The van der Waals surface area contributed by atoms with Crippen molar-refractivity contribution in [1.82, 2.24) is 10.2 Å². The Morgan fingerprint density at radius 1 is 1.32 bits per heavy atom. The van der Waals surface area contributed by atoms with E-state index in [0.29, 0.717) is 23.2 Å². The van der Waals surface area contributed by atoms with E-state index in [9.17, 15) is 4.79 Å². The van der Waals surface area contributed by atoms with Gasteiger partial charge in [-0.05, 0) is 36.5 Å². The average Bonchev–Trinajstić information content (AvgIpc) is 3.11. The van der Waals surface area contributed by atoms with E-state index < -0.39 is 0 Å². The molecule has 0 spiro atoms. The van der Waals surface area contributed by atoms with E-state index in [1.165, 1.54) is 12.8 Å². The Hall–Kier alpha value is -0.570. The second-order valence-corrected chi connectivity index (χ2v) is 6.94.